The summed E-state index contributed by atoms with van der Waals surface area (Å²) in [4.78, 5) is 0. The van der Waals surface area contributed by atoms with Crippen LogP contribution in [0.3, 0.4) is 0 Å². The predicted octanol–water partition coefficient (Wildman–Crippen LogP) is -1.95. The summed E-state index contributed by atoms with van der Waals surface area (Å²) in [6.45, 7) is 6.62. The quantitative estimate of drug-likeness (QED) is 0.305. The topological polar surface area (TPSA) is 9.23 Å². The van der Waals surface area contributed by atoms with Gasteiger partial charge in [-0.05, 0) is 19.6 Å². The van der Waals surface area contributed by atoms with Crippen LogP contribution in [0.2, 0.25) is 19.6 Å². The molecular formula is C6H11BrMgOSi. The Morgan fingerprint density at radius 3 is 1.90 bits per heavy atom. The van der Waals surface area contributed by atoms with Gasteiger partial charge in [-0.25, -0.2) is 0 Å². The summed E-state index contributed by atoms with van der Waals surface area (Å²) in [5.41, 5.74) is 0. The summed E-state index contributed by atoms with van der Waals surface area (Å²) < 4.78 is 5.22. The monoisotopic (exact) mass is 230 g/mol. The van der Waals surface area contributed by atoms with Gasteiger partial charge in [-0.2, -0.15) is 0 Å². The molecule has 1 nitrogen and oxygen atoms in total. The van der Waals surface area contributed by atoms with Crippen molar-refractivity contribution in [3.8, 4) is 5.92 Å². The van der Waals surface area contributed by atoms with Crippen LogP contribution in [0.5, 0.6) is 0 Å². The molecule has 0 aromatic carbocycles. The van der Waals surface area contributed by atoms with Crippen LogP contribution in [0.25, 0.3) is 0 Å². The molecule has 0 spiro atoms. The normalized spacial score (nSPS) is 8.60. The van der Waals surface area contributed by atoms with Gasteiger partial charge in [0.2, 0.25) is 0 Å². The Hall–Kier alpha value is 0.983. The molecule has 0 aromatic rings. The first kappa shape index (κ1) is 17.2. The molecule has 0 aliphatic rings. The fourth-order valence-corrected chi connectivity index (χ4v) is 0.758. The van der Waals surface area contributed by atoms with Crippen LogP contribution in [0.15, 0.2) is 0 Å². The molecule has 0 saturated heterocycles. The van der Waals surface area contributed by atoms with Crippen molar-refractivity contribution in [2.75, 3.05) is 6.61 Å². The molecule has 4 heteroatoms. The third-order valence-corrected chi connectivity index (χ3v) is 1.59. The summed E-state index contributed by atoms with van der Waals surface area (Å²) in [5.74, 6) is 2.19. The van der Waals surface area contributed by atoms with E-state index < -0.39 is 8.32 Å². The average Bonchev–Trinajstić information content (AvgIpc) is 1.59. The molecule has 0 atom stereocenters. The molecule has 0 aromatic heterocycles. The maximum atomic E-state index is 6.53. The van der Waals surface area contributed by atoms with Gasteiger partial charge >= 0.3 is 23.1 Å². The summed E-state index contributed by atoms with van der Waals surface area (Å²) in [6, 6.07) is 0. The minimum Gasteiger partial charge on any atom is -1.00 e. The van der Waals surface area contributed by atoms with Gasteiger partial charge in [0.15, 0.2) is 8.32 Å². The third kappa shape index (κ3) is 16.0. The van der Waals surface area contributed by atoms with Gasteiger partial charge in [0.25, 0.3) is 0 Å². The molecule has 0 N–H and O–H groups in total. The smallest absolute Gasteiger partial charge is 1.00 e. The van der Waals surface area contributed by atoms with Crippen molar-refractivity contribution in [3.63, 3.8) is 0 Å². The van der Waals surface area contributed by atoms with Crippen molar-refractivity contribution in [2.24, 2.45) is 0 Å². The largest absolute Gasteiger partial charge is 2.00 e. The van der Waals surface area contributed by atoms with Gasteiger partial charge in [-0.3, -0.25) is 0 Å². The molecule has 0 unspecified atom stereocenters. The standard InChI is InChI=1S/C6H11OSi.BrH.Mg/c1-5-6-7-8(2,3)4;;/h6H2,2-4H3;1H;/q-1;;+2/p-1. The Balaban J connectivity index is -0.000000245. The minimum atomic E-state index is -1.36. The zero-order valence-electron chi connectivity index (χ0n) is 6.70. The van der Waals surface area contributed by atoms with E-state index in [1.165, 1.54) is 0 Å². The Bertz CT molecular complexity index is 105. The summed E-state index contributed by atoms with van der Waals surface area (Å²) in [5, 5.41) is 0. The molecule has 0 aliphatic heterocycles. The maximum absolute atomic E-state index is 6.53. The number of hydrogen-bond donors (Lipinski definition) is 0. The summed E-state index contributed by atoms with van der Waals surface area (Å²) in [7, 11) is -1.36. The predicted molar refractivity (Wildman–Crippen MR) is 42.2 cm³/mol. The van der Waals surface area contributed by atoms with Gasteiger partial charge in [-0.15, -0.1) is 0 Å². The second-order valence-corrected chi connectivity index (χ2v) is 7.09. The summed E-state index contributed by atoms with van der Waals surface area (Å²) >= 11 is 0. The maximum Gasteiger partial charge on any atom is 2.00 e. The van der Waals surface area contributed by atoms with E-state index in [0.29, 0.717) is 6.61 Å². The van der Waals surface area contributed by atoms with Crippen LogP contribution in [0.1, 0.15) is 0 Å². The van der Waals surface area contributed by atoms with Crippen molar-refractivity contribution in [2.45, 2.75) is 19.6 Å². The van der Waals surface area contributed by atoms with Crippen molar-refractivity contribution >= 4 is 31.4 Å². The molecule has 0 amide bonds. The van der Waals surface area contributed by atoms with Gasteiger partial charge in [0.05, 0.1) is 6.61 Å². The SMILES string of the molecule is [Br-].[C-]#CCO[Si](C)(C)C.[Mg+2]. The molecule has 0 aliphatic carbocycles. The van der Waals surface area contributed by atoms with E-state index in [2.05, 4.69) is 25.6 Å². The van der Waals surface area contributed by atoms with Crippen LogP contribution < -0.4 is 17.0 Å². The van der Waals surface area contributed by atoms with Crippen molar-refractivity contribution in [1.82, 2.24) is 0 Å². The third-order valence-electron chi connectivity index (χ3n) is 0.577. The second-order valence-electron chi connectivity index (χ2n) is 2.58. The van der Waals surface area contributed by atoms with Gasteiger partial charge in [0.1, 0.15) is 0 Å². The Kier molecular flexibility index (Phi) is 13.9. The van der Waals surface area contributed by atoms with Gasteiger partial charge < -0.3 is 33.8 Å². The molecule has 0 heterocycles. The van der Waals surface area contributed by atoms with Crippen LogP contribution >= 0.6 is 0 Å². The molecule has 0 rings (SSSR count). The van der Waals surface area contributed by atoms with E-state index >= 15 is 0 Å². The van der Waals surface area contributed by atoms with Gasteiger partial charge in [0, 0.05) is 0 Å². The van der Waals surface area contributed by atoms with Gasteiger partial charge in [-0.1, -0.05) is 0 Å². The van der Waals surface area contributed by atoms with E-state index in [-0.39, 0.29) is 40.0 Å². The number of hydrogen-bond acceptors (Lipinski definition) is 1. The molecule has 0 fully saturated rings. The zero-order valence-corrected chi connectivity index (χ0v) is 10.7. The molecule has 0 radical (unpaired) electrons. The first-order valence-electron chi connectivity index (χ1n) is 2.60. The molecule has 0 bridgehead atoms. The number of rotatable bonds is 2. The van der Waals surface area contributed by atoms with Crippen molar-refractivity contribution in [3.05, 3.63) is 6.42 Å². The Morgan fingerprint density at radius 1 is 1.40 bits per heavy atom. The van der Waals surface area contributed by atoms with E-state index in [4.69, 9.17) is 10.8 Å². The van der Waals surface area contributed by atoms with E-state index in [1.54, 1.807) is 0 Å². The van der Waals surface area contributed by atoms with E-state index in [9.17, 15) is 0 Å². The van der Waals surface area contributed by atoms with Crippen molar-refractivity contribution in [1.29, 1.82) is 0 Å². The first-order chi connectivity index (χ1) is 3.56. The number of halogens is 1. The summed E-state index contributed by atoms with van der Waals surface area (Å²) in [6.07, 6.45) is 6.53. The van der Waals surface area contributed by atoms with Crippen LogP contribution in [0, 0.1) is 12.3 Å². The van der Waals surface area contributed by atoms with E-state index in [1.807, 2.05) is 0 Å². The fraction of sp³-hybridized carbons (Fsp3) is 0.667. The van der Waals surface area contributed by atoms with Crippen LogP contribution in [0.4, 0.5) is 0 Å². The van der Waals surface area contributed by atoms with E-state index in [0.717, 1.165) is 0 Å². The minimum absolute atomic E-state index is 0. The Labute approximate surface area is 91.0 Å². The van der Waals surface area contributed by atoms with Crippen molar-refractivity contribution < 1.29 is 21.4 Å². The molecule has 10 heavy (non-hydrogen) atoms. The molecular weight excluding hydrogens is 220 g/mol. The molecule has 0 saturated carbocycles. The average molecular weight is 231 g/mol. The fourth-order valence-electron chi connectivity index (χ4n) is 0.253. The molecule has 54 valence electrons. The first-order valence-corrected chi connectivity index (χ1v) is 6.00. The van der Waals surface area contributed by atoms with Crippen LogP contribution in [-0.4, -0.2) is 38.0 Å². The Morgan fingerprint density at radius 2 is 1.80 bits per heavy atom. The zero-order chi connectivity index (χ0) is 6.62. The van der Waals surface area contributed by atoms with Crippen LogP contribution in [-0.2, 0) is 4.43 Å². The second kappa shape index (κ2) is 8.08.